The standard InChI is InChI=1S/C28H23F3N8O/c1-14-22(28(29,30)31)5-17(10-33-14)23-4-3-15(9-34-23)24-6-16-7-25(35-12-21(16)26(32)37-24)38-27(40)20-8-19(20)18-11-36-39(2)13-18/h3-7,9-13,19-20H,8H2,1-2H3,(H2,32,37)(H,35,38,40)/t19-,20+/m0/s1. The van der Waals surface area contributed by atoms with Gasteiger partial charge in [0.05, 0.1) is 23.1 Å². The van der Waals surface area contributed by atoms with E-state index in [2.05, 4.69) is 30.4 Å². The molecule has 5 aromatic heterocycles. The van der Waals surface area contributed by atoms with Crippen molar-refractivity contribution in [2.45, 2.75) is 25.4 Å². The molecule has 0 saturated heterocycles. The molecule has 3 N–H and O–H groups in total. The lowest BCUT2D eigenvalue weighted by molar-refractivity contribution is -0.138. The SMILES string of the molecule is Cc1ncc(-c2ccc(-c3cc4cc(NC(=O)[C@@H]5C[C@H]5c5cnn(C)c5)ncc4c(N)n3)cn2)cc1C(F)(F)F. The van der Waals surface area contributed by atoms with Crippen molar-refractivity contribution in [3.8, 4) is 22.5 Å². The fraction of sp³-hybridized carbons (Fsp3) is 0.214. The molecule has 1 amide bonds. The van der Waals surface area contributed by atoms with Crippen LogP contribution >= 0.6 is 0 Å². The number of pyridine rings is 4. The van der Waals surface area contributed by atoms with Gasteiger partial charge in [0.15, 0.2) is 0 Å². The van der Waals surface area contributed by atoms with Crippen LogP contribution in [0.25, 0.3) is 33.3 Å². The summed E-state index contributed by atoms with van der Waals surface area (Å²) in [4.78, 5) is 29.8. The van der Waals surface area contributed by atoms with Gasteiger partial charge in [0.2, 0.25) is 5.91 Å². The lowest BCUT2D eigenvalue weighted by atomic mass is 10.1. The van der Waals surface area contributed by atoms with Crippen molar-refractivity contribution < 1.29 is 18.0 Å². The summed E-state index contributed by atoms with van der Waals surface area (Å²) in [5.74, 6) is 0.541. The van der Waals surface area contributed by atoms with Crippen LogP contribution in [-0.2, 0) is 18.0 Å². The van der Waals surface area contributed by atoms with Gasteiger partial charge in [-0.25, -0.2) is 9.97 Å². The molecule has 1 aliphatic rings. The number of carbonyl (C=O) groups excluding carboxylic acids is 1. The number of anilines is 2. The van der Waals surface area contributed by atoms with Crippen LogP contribution in [0.1, 0.15) is 29.2 Å². The number of halogens is 3. The Labute approximate surface area is 226 Å². The smallest absolute Gasteiger partial charge is 0.383 e. The Morgan fingerprint density at radius 2 is 1.82 bits per heavy atom. The molecule has 0 unspecified atom stereocenters. The van der Waals surface area contributed by atoms with E-state index < -0.39 is 11.7 Å². The molecule has 0 spiro atoms. The summed E-state index contributed by atoms with van der Waals surface area (Å²) in [5.41, 5.74) is 8.07. The van der Waals surface area contributed by atoms with Crippen molar-refractivity contribution in [2.24, 2.45) is 13.0 Å². The van der Waals surface area contributed by atoms with Crippen LogP contribution < -0.4 is 11.1 Å². The van der Waals surface area contributed by atoms with Crippen LogP contribution in [-0.4, -0.2) is 35.6 Å². The van der Waals surface area contributed by atoms with Gasteiger partial charge >= 0.3 is 6.18 Å². The predicted molar refractivity (Wildman–Crippen MR) is 143 cm³/mol. The zero-order valence-corrected chi connectivity index (χ0v) is 21.4. The van der Waals surface area contributed by atoms with E-state index in [0.717, 1.165) is 18.1 Å². The van der Waals surface area contributed by atoms with E-state index >= 15 is 0 Å². The third kappa shape index (κ3) is 4.83. The number of alkyl halides is 3. The summed E-state index contributed by atoms with van der Waals surface area (Å²) in [6, 6.07) is 7.88. The normalized spacial score (nSPS) is 16.7. The van der Waals surface area contributed by atoms with Crippen LogP contribution in [0.4, 0.5) is 24.8 Å². The molecule has 1 aliphatic carbocycles. The number of aryl methyl sites for hydroxylation is 2. The number of aromatic nitrogens is 6. The van der Waals surface area contributed by atoms with Crippen molar-refractivity contribution in [1.82, 2.24) is 29.7 Å². The third-order valence-electron chi connectivity index (χ3n) is 7.02. The second kappa shape index (κ2) is 9.40. The van der Waals surface area contributed by atoms with Gasteiger partial charge in [-0.1, -0.05) is 0 Å². The molecule has 0 aromatic carbocycles. The van der Waals surface area contributed by atoms with Crippen LogP contribution in [0, 0.1) is 12.8 Å². The first-order valence-electron chi connectivity index (χ1n) is 12.4. The summed E-state index contributed by atoms with van der Waals surface area (Å²) in [5, 5.41) is 8.40. The number of amides is 1. The Hall–Kier alpha value is -4.87. The average molecular weight is 545 g/mol. The molecular formula is C28H23F3N8O. The highest BCUT2D eigenvalue weighted by molar-refractivity contribution is 5.98. The van der Waals surface area contributed by atoms with Crippen molar-refractivity contribution in [3.05, 3.63) is 78.1 Å². The minimum Gasteiger partial charge on any atom is -0.383 e. The maximum Gasteiger partial charge on any atom is 0.418 e. The molecule has 9 nitrogen and oxygen atoms in total. The highest BCUT2D eigenvalue weighted by Gasteiger charge is 2.44. The lowest BCUT2D eigenvalue weighted by Gasteiger charge is -2.11. The molecule has 1 fully saturated rings. The van der Waals surface area contributed by atoms with E-state index in [-0.39, 0.29) is 34.8 Å². The maximum atomic E-state index is 13.3. The molecule has 5 aromatic rings. The fourth-order valence-corrected chi connectivity index (χ4v) is 4.77. The number of fused-ring (bicyclic) bond motifs is 1. The molecule has 202 valence electrons. The number of nitrogens with two attached hydrogens (primary N) is 1. The summed E-state index contributed by atoms with van der Waals surface area (Å²) >= 11 is 0. The number of rotatable bonds is 5. The number of nitrogen functional groups attached to an aromatic ring is 1. The quantitative estimate of drug-likeness (QED) is 0.314. The molecule has 1 saturated carbocycles. The Bertz CT molecular complexity index is 1760. The van der Waals surface area contributed by atoms with Gasteiger partial charge in [0.1, 0.15) is 11.6 Å². The largest absolute Gasteiger partial charge is 0.418 e. The number of hydrogen-bond donors (Lipinski definition) is 2. The lowest BCUT2D eigenvalue weighted by Crippen LogP contribution is -2.15. The Kier molecular flexibility index (Phi) is 5.97. The van der Waals surface area contributed by atoms with Crippen LogP contribution in [0.2, 0.25) is 0 Å². The van der Waals surface area contributed by atoms with Crippen LogP contribution in [0.15, 0.2) is 61.3 Å². The number of hydrogen-bond acceptors (Lipinski definition) is 7. The summed E-state index contributed by atoms with van der Waals surface area (Å²) in [7, 11) is 1.84. The molecule has 5 heterocycles. The van der Waals surface area contributed by atoms with Gasteiger partial charge in [-0.2, -0.15) is 18.3 Å². The van der Waals surface area contributed by atoms with E-state index in [1.807, 2.05) is 13.2 Å². The van der Waals surface area contributed by atoms with Crippen molar-refractivity contribution in [1.29, 1.82) is 0 Å². The highest BCUT2D eigenvalue weighted by atomic mass is 19.4. The Morgan fingerprint density at radius 1 is 1.02 bits per heavy atom. The topological polar surface area (TPSA) is 124 Å². The maximum absolute atomic E-state index is 13.3. The van der Waals surface area contributed by atoms with Crippen LogP contribution in [0.5, 0.6) is 0 Å². The summed E-state index contributed by atoms with van der Waals surface area (Å²) < 4.78 is 41.7. The minimum absolute atomic E-state index is 0.0980. The van der Waals surface area contributed by atoms with Crippen molar-refractivity contribution >= 4 is 28.3 Å². The first-order valence-corrected chi connectivity index (χ1v) is 12.4. The third-order valence-corrected chi connectivity index (χ3v) is 7.02. The fourth-order valence-electron chi connectivity index (χ4n) is 4.77. The van der Waals surface area contributed by atoms with E-state index in [0.29, 0.717) is 33.5 Å². The number of nitrogens with zero attached hydrogens (tertiary/aromatic N) is 6. The van der Waals surface area contributed by atoms with Gasteiger partial charge in [-0.15, -0.1) is 0 Å². The molecule has 40 heavy (non-hydrogen) atoms. The number of nitrogens with one attached hydrogen (secondary N) is 1. The highest BCUT2D eigenvalue weighted by Crippen LogP contribution is 2.47. The average Bonchev–Trinajstić information content (AvgIpc) is 3.61. The number of carbonyl (C=O) groups is 1. The zero-order chi connectivity index (χ0) is 28.2. The second-order valence-corrected chi connectivity index (χ2v) is 9.86. The van der Waals surface area contributed by atoms with Gasteiger partial charge < -0.3 is 11.1 Å². The Balaban J connectivity index is 1.23. The molecule has 6 rings (SSSR count). The van der Waals surface area contributed by atoms with E-state index in [1.165, 1.54) is 19.3 Å². The van der Waals surface area contributed by atoms with Gasteiger partial charge in [-0.3, -0.25) is 19.4 Å². The van der Waals surface area contributed by atoms with Crippen LogP contribution in [0.3, 0.4) is 0 Å². The van der Waals surface area contributed by atoms with Crippen molar-refractivity contribution in [3.63, 3.8) is 0 Å². The first kappa shape index (κ1) is 25.4. The minimum atomic E-state index is -4.51. The summed E-state index contributed by atoms with van der Waals surface area (Å²) in [6.07, 6.45) is 4.39. The molecule has 0 aliphatic heterocycles. The van der Waals surface area contributed by atoms with Crippen molar-refractivity contribution in [2.75, 3.05) is 11.1 Å². The molecular weight excluding hydrogens is 521 g/mol. The zero-order valence-electron chi connectivity index (χ0n) is 21.4. The molecule has 12 heteroatoms. The van der Waals surface area contributed by atoms with Gasteiger partial charge in [-0.05, 0) is 60.5 Å². The molecule has 2 atom stereocenters. The summed E-state index contributed by atoms with van der Waals surface area (Å²) in [6.45, 7) is 1.32. The predicted octanol–water partition coefficient (Wildman–Crippen LogP) is 5.14. The van der Waals surface area contributed by atoms with Gasteiger partial charge in [0.25, 0.3) is 0 Å². The monoisotopic (exact) mass is 544 g/mol. The van der Waals surface area contributed by atoms with Gasteiger partial charge in [0, 0.05) is 60.0 Å². The molecule has 0 bridgehead atoms. The first-order chi connectivity index (χ1) is 19.1. The van der Waals surface area contributed by atoms with E-state index in [4.69, 9.17) is 5.73 Å². The van der Waals surface area contributed by atoms with E-state index in [9.17, 15) is 18.0 Å². The van der Waals surface area contributed by atoms with E-state index in [1.54, 1.807) is 41.3 Å². The Morgan fingerprint density at radius 3 is 2.52 bits per heavy atom. The second-order valence-electron chi connectivity index (χ2n) is 9.86. The molecule has 0 radical (unpaired) electrons.